The van der Waals surface area contributed by atoms with Crippen molar-refractivity contribution in [1.82, 2.24) is 4.31 Å². The van der Waals surface area contributed by atoms with Crippen LogP contribution in [0.4, 0.5) is 0 Å². The second kappa shape index (κ2) is 8.84. The minimum Gasteiger partial charge on any atom is -0.496 e. The van der Waals surface area contributed by atoms with Crippen molar-refractivity contribution < 1.29 is 17.9 Å². The standard InChI is InChI=1S/C17H19BrClNO4S2/c1-20(10-11-5-6-15(25-4)14(7-11)23-2)26(21,22)16-9-12(19)8-13(18)17(16)24-3/h5-9H,10H2,1-4H3. The highest BCUT2D eigenvalue weighted by molar-refractivity contribution is 9.10. The predicted molar refractivity (Wildman–Crippen MR) is 109 cm³/mol. The molecule has 2 rings (SSSR count). The second-order valence-electron chi connectivity index (χ2n) is 5.37. The van der Waals surface area contributed by atoms with E-state index in [1.54, 1.807) is 24.9 Å². The zero-order chi connectivity index (χ0) is 19.5. The fourth-order valence-electron chi connectivity index (χ4n) is 2.42. The lowest BCUT2D eigenvalue weighted by molar-refractivity contribution is 0.394. The van der Waals surface area contributed by atoms with Crippen molar-refractivity contribution in [3.63, 3.8) is 0 Å². The molecule has 0 aromatic heterocycles. The van der Waals surface area contributed by atoms with Crippen molar-refractivity contribution in [2.75, 3.05) is 27.5 Å². The van der Waals surface area contributed by atoms with E-state index >= 15 is 0 Å². The van der Waals surface area contributed by atoms with Crippen LogP contribution in [0.25, 0.3) is 0 Å². The van der Waals surface area contributed by atoms with Crippen LogP contribution in [0, 0.1) is 0 Å². The van der Waals surface area contributed by atoms with Gasteiger partial charge in [-0.2, -0.15) is 4.31 Å². The highest BCUT2D eigenvalue weighted by Crippen LogP contribution is 2.37. The highest BCUT2D eigenvalue weighted by Gasteiger charge is 2.27. The third-order valence-electron chi connectivity index (χ3n) is 3.72. The van der Waals surface area contributed by atoms with Crippen LogP contribution in [-0.2, 0) is 16.6 Å². The fourth-order valence-corrected chi connectivity index (χ4v) is 5.49. The van der Waals surface area contributed by atoms with Crippen molar-refractivity contribution in [3.05, 3.63) is 45.4 Å². The lowest BCUT2D eigenvalue weighted by atomic mass is 10.2. The Kier molecular flexibility index (Phi) is 7.27. The van der Waals surface area contributed by atoms with E-state index in [-0.39, 0.29) is 17.2 Å². The quantitative estimate of drug-likeness (QED) is 0.539. The first-order chi connectivity index (χ1) is 12.2. The van der Waals surface area contributed by atoms with Crippen molar-refractivity contribution >= 4 is 49.3 Å². The monoisotopic (exact) mass is 479 g/mol. The van der Waals surface area contributed by atoms with Gasteiger partial charge in [0.2, 0.25) is 10.0 Å². The lowest BCUT2D eigenvalue weighted by Crippen LogP contribution is -2.27. The van der Waals surface area contributed by atoms with Gasteiger partial charge in [-0.3, -0.25) is 0 Å². The Labute approximate surface area is 171 Å². The number of rotatable bonds is 7. The molecule has 26 heavy (non-hydrogen) atoms. The van der Waals surface area contributed by atoms with Gasteiger partial charge in [0.1, 0.15) is 10.6 Å². The Morgan fingerprint density at radius 3 is 2.46 bits per heavy atom. The van der Waals surface area contributed by atoms with E-state index in [9.17, 15) is 8.42 Å². The number of benzene rings is 2. The molecule has 0 unspecified atom stereocenters. The third-order valence-corrected chi connectivity index (χ3v) is 7.11. The van der Waals surface area contributed by atoms with Gasteiger partial charge in [-0.15, -0.1) is 11.8 Å². The normalized spacial score (nSPS) is 11.7. The molecule has 0 aliphatic heterocycles. The summed E-state index contributed by atoms with van der Waals surface area (Å²) in [5.74, 6) is 0.931. The summed E-state index contributed by atoms with van der Waals surface area (Å²) >= 11 is 10.9. The SMILES string of the molecule is COc1cc(CN(C)S(=O)(=O)c2cc(Cl)cc(Br)c2OC)ccc1SC. The molecule has 0 bridgehead atoms. The zero-order valence-electron chi connectivity index (χ0n) is 14.7. The first-order valence-corrected chi connectivity index (χ1v) is 11.3. The third kappa shape index (κ3) is 4.48. The van der Waals surface area contributed by atoms with Crippen LogP contribution in [0.15, 0.2) is 44.6 Å². The van der Waals surface area contributed by atoms with Crippen LogP contribution in [0.2, 0.25) is 5.02 Å². The molecule has 0 spiro atoms. The van der Waals surface area contributed by atoms with E-state index < -0.39 is 10.0 Å². The molecular weight excluding hydrogens is 462 g/mol. The van der Waals surface area contributed by atoms with E-state index in [4.69, 9.17) is 21.1 Å². The number of halogens is 2. The fraction of sp³-hybridized carbons (Fsp3) is 0.294. The Bertz CT molecular complexity index is 906. The van der Waals surface area contributed by atoms with Crippen molar-refractivity contribution in [2.45, 2.75) is 16.3 Å². The minimum atomic E-state index is -3.81. The van der Waals surface area contributed by atoms with E-state index in [1.165, 1.54) is 24.5 Å². The Hall–Kier alpha value is -0.930. The summed E-state index contributed by atoms with van der Waals surface area (Å²) in [6.07, 6.45) is 1.96. The topological polar surface area (TPSA) is 55.8 Å². The maximum absolute atomic E-state index is 13.0. The molecule has 2 aromatic carbocycles. The zero-order valence-corrected chi connectivity index (χ0v) is 18.7. The van der Waals surface area contributed by atoms with Gasteiger partial charge in [0.25, 0.3) is 0 Å². The number of hydrogen-bond acceptors (Lipinski definition) is 5. The number of sulfonamides is 1. The van der Waals surface area contributed by atoms with E-state index in [0.717, 1.165) is 10.5 Å². The van der Waals surface area contributed by atoms with Crippen LogP contribution in [0.5, 0.6) is 11.5 Å². The number of methoxy groups -OCH3 is 2. The maximum Gasteiger partial charge on any atom is 0.246 e. The Morgan fingerprint density at radius 1 is 1.19 bits per heavy atom. The van der Waals surface area contributed by atoms with Crippen LogP contribution >= 0.6 is 39.3 Å². The maximum atomic E-state index is 13.0. The van der Waals surface area contributed by atoms with Crippen LogP contribution < -0.4 is 9.47 Å². The van der Waals surface area contributed by atoms with Crippen molar-refractivity contribution in [1.29, 1.82) is 0 Å². The average molecular weight is 481 g/mol. The molecular formula is C17H19BrClNO4S2. The van der Waals surface area contributed by atoms with Crippen LogP contribution in [0.3, 0.4) is 0 Å². The first kappa shape index (κ1) is 21.4. The summed E-state index contributed by atoms with van der Waals surface area (Å²) in [7, 11) is 0.707. The molecule has 0 amide bonds. The highest BCUT2D eigenvalue weighted by atomic mass is 79.9. The summed E-state index contributed by atoms with van der Waals surface area (Å²) in [5.41, 5.74) is 0.811. The molecule has 0 aliphatic carbocycles. The minimum absolute atomic E-state index is 0.00886. The lowest BCUT2D eigenvalue weighted by Gasteiger charge is -2.20. The van der Waals surface area contributed by atoms with Gasteiger partial charge in [-0.25, -0.2) is 8.42 Å². The molecule has 0 N–H and O–H groups in total. The summed E-state index contributed by atoms with van der Waals surface area (Å²) in [5, 5.41) is 0.302. The van der Waals surface area contributed by atoms with Gasteiger partial charge >= 0.3 is 0 Å². The van der Waals surface area contributed by atoms with Crippen LogP contribution in [-0.4, -0.2) is 40.2 Å². The smallest absolute Gasteiger partial charge is 0.246 e. The van der Waals surface area contributed by atoms with Gasteiger partial charge in [0, 0.05) is 23.5 Å². The first-order valence-electron chi connectivity index (χ1n) is 7.44. The van der Waals surface area contributed by atoms with Crippen molar-refractivity contribution in [3.8, 4) is 11.5 Å². The van der Waals surface area contributed by atoms with E-state index in [1.807, 2.05) is 24.5 Å². The molecule has 0 radical (unpaired) electrons. The van der Waals surface area contributed by atoms with Crippen molar-refractivity contribution in [2.24, 2.45) is 0 Å². The molecule has 5 nitrogen and oxygen atoms in total. The largest absolute Gasteiger partial charge is 0.496 e. The number of nitrogens with zero attached hydrogens (tertiary/aromatic N) is 1. The van der Waals surface area contributed by atoms with Gasteiger partial charge < -0.3 is 9.47 Å². The average Bonchev–Trinajstić information content (AvgIpc) is 2.60. The van der Waals surface area contributed by atoms with Gasteiger partial charge in [-0.1, -0.05) is 17.7 Å². The summed E-state index contributed by atoms with van der Waals surface area (Å²) < 4.78 is 38.4. The molecule has 0 aliphatic rings. The number of ether oxygens (including phenoxy) is 2. The molecule has 0 saturated heterocycles. The molecule has 2 aromatic rings. The van der Waals surface area contributed by atoms with Crippen LogP contribution in [0.1, 0.15) is 5.56 Å². The van der Waals surface area contributed by atoms with E-state index in [0.29, 0.717) is 15.2 Å². The molecule has 0 atom stereocenters. The second-order valence-corrected chi connectivity index (χ2v) is 9.52. The Morgan fingerprint density at radius 2 is 1.88 bits per heavy atom. The molecule has 0 saturated carbocycles. The Balaban J connectivity index is 2.39. The summed E-state index contributed by atoms with van der Waals surface area (Å²) in [6.45, 7) is 0.181. The predicted octanol–water partition coefficient (Wildman–Crippen LogP) is 4.66. The molecule has 9 heteroatoms. The van der Waals surface area contributed by atoms with Gasteiger partial charge in [0.15, 0.2) is 5.75 Å². The molecule has 0 fully saturated rings. The van der Waals surface area contributed by atoms with Gasteiger partial charge in [0.05, 0.1) is 18.7 Å². The molecule has 142 valence electrons. The number of hydrogen-bond donors (Lipinski definition) is 0. The number of thioether (sulfide) groups is 1. The van der Waals surface area contributed by atoms with Gasteiger partial charge in [-0.05, 0) is 52.0 Å². The summed E-state index contributed by atoms with van der Waals surface area (Å²) in [6, 6.07) is 8.60. The molecule has 0 heterocycles. The van der Waals surface area contributed by atoms with E-state index in [2.05, 4.69) is 15.9 Å². The summed E-state index contributed by atoms with van der Waals surface area (Å²) in [4.78, 5) is 0.997.